The summed E-state index contributed by atoms with van der Waals surface area (Å²) in [6, 6.07) is 16.9. The number of hydrogen-bond acceptors (Lipinski definition) is 4. The van der Waals surface area contributed by atoms with Crippen LogP contribution in [0.5, 0.6) is 0 Å². The zero-order valence-electron chi connectivity index (χ0n) is 10.8. The molecule has 100 valence electrons. The number of hydrogen-bond donors (Lipinski definition) is 2. The van der Waals surface area contributed by atoms with E-state index in [2.05, 4.69) is 10.3 Å². The molecule has 0 saturated heterocycles. The fraction of sp³-hybridized carbons (Fsp3) is 0.0667. The summed E-state index contributed by atoms with van der Waals surface area (Å²) in [4.78, 5) is 16.6. The molecule has 1 aromatic heterocycles. The van der Waals surface area contributed by atoms with Crippen LogP contribution in [0, 0.1) is 0 Å². The van der Waals surface area contributed by atoms with E-state index in [1.54, 1.807) is 12.1 Å². The van der Waals surface area contributed by atoms with Gasteiger partial charge in [-0.05, 0) is 24.3 Å². The molecule has 3 aromatic rings. The minimum absolute atomic E-state index is 0.236. The predicted octanol–water partition coefficient (Wildman–Crippen LogP) is 1.72. The maximum Gasteiger partial charge on any atom is 0.279 e. The lowest BCUT2D eigenvalue weighted by atomic mass is 10.2. The van der Waals surface area contributed by atoms with Crippen LogP contribution in [-0.4, -0.2) is 9.66 Å². The van der Waals surface area contributed by atoms with E-state index in [0.717, 1.165) is 10.4 Å². The Kier molecular flexibility index (Phi) is 3.09. The van der Waals surface area contributed by atoms with Crippen molar-refractivity contribution in [3.8, 4) is 0 Å². The fourth-order valence-corrected chi connectivity index (χ4v) is 2.05. The first-order valence-corrected chi connectivity index (χ1v) is 6.30. The van der Waals surface area contributed by atoms with Gasteiger partial charge in [-0.25, -0.2) is 9.66 Å². The predicted molar refractivity (Wildman–Crippen MR) is 79.9 cm³/mol. The Labute approximate surface area is 115 Å². The molecule has 0 fully saturated rings. The fourth-order valence-electron chi connectivity index (χ4n) is 2.05. The second-order valence-corrected chi connectivity index (χ2v) is 4.44. The lowest BCUT2D eigenvalue weighted by Gasteiger charge is -2.10. The number of nitrogens with one attached hydrogen (secondary N) is 1. The van der Waals surface area contributed by atoms with Gasteiger partial charge in [0.15, 0.2) is 5.82 Å². The third-order valence-corrected chi connectivity index (χ3v) is 3.11. The molecule has 0 unspecified atom stereocenters. The van der Waals surface area contributed by atoms with Gasteiger partial charge >= 0.3 is 0 Å². The minimum atomic E-state index is -0.236. The van der Waals surface area contributed by atoms with Crippen LogP contribution >= 0.6 is 0 Å². The van der Waals surface area contributed by atoms with Crippen LogP contribution in [0.3, 0.4) is 0 Å². The average Bonchev–Trinajstić information content (AvgIpc) is 2.50. The normalized spacial score (nSPS) is 10.6. The maximum absolute atomic E-state index is 12.1. The molecule has 0 saturated carbocycles. The van der Waals surface area contributed by atoms with Crippen LogP contribution in [0.1, 0.15) is 5.82 Å². The van der Waals surface area contributed by atoms with Crippen molar-refractivity contribution in [2.75, 3.05) is 11.2 Å². The Morgan fingerprint density at radius 3 is 2.55 bits per heavy atom. The van der Waals surface area contributed by atoms with Crippen molar-refractivity contribution in [1.82, 2.24) is 9.66 Å². The summed E-state index contributed by atoms with van der Waals surface area (Å²) in [5.74, 6) is 6.31. The van der Waals surface area contributed by atoms with Crippen molar-refractivity contribution in [2.24, 2.45) is 0 Å². The average molecular weight is 266 g/mol. The third kappa shape index (κ3) is 2.21. The molecule has 0 amide bonds. The van der Waals surface area contributed by atoms with E-state index in [1.807, 2.05) is 42.5 Å². The number of nitrogens with two attached hydrogens (primary N) is 1. The van der Waals surface area contributed by atoms with Crippen LogP contribution in [-0.2, 0) is 6.54 Å². The van der Waals surface area contributed by atoms with E-state index in [0.29, 0.717) is 23.3 Å². The first-order valence-electron chi connectivity index (χ1n) is 6.30. The summed E-state index contributed by atoms with van der Waals surface area (Å²) in [6.45, 7) is 0.389. The van der Waals surface area contributed by atoms with Crippen LogP contribution < -0.4 is 16.7 Å². The van der Waals surface area contributed by atoms with E-state index >= 15 is 0 Å². The zero-order chi connectivity index (χ0) is 13.9. The molecule has 1 heterocycles. The molecular weight excluding hydrogens is 252 g/mol. The summed E-state index contributed by atoms with van der Waals surface area (Å²) < 4.78 is 1.10. The van der Waals surface area contributed by atoms with Crippen molar-refractivity contribution in [3.63, 3.8) is 0 Å². The summed E-state index contributed by atoms with van der Waals surface area (Å²) >= 11 is 0. The van der Waals surface area contributed by atoms with Crippen LogP contribution in [0.4, 0.5) is 5.69 Å². The standard InChI is InChI=1S/C15H14N4O/c16-19-14(10-17-11-6-2-1-3-7-11)18-13-9-5-4-8-12(13)15(19)20/h1-9,17H,10,16H2. The zero-order valence-corrected chi connectivity index (χ0v) is 10.8. The second kappa shape index (κ2) is 5.05. The van der Waals surface area contributed by atoms with Crippen molar-refractivity contribution in [1.29, 1.82) is 0 Å². The molecule has 2 aromatic carbocycles. The van der Waals surface area contributed by atoms with Gasteiger partial charge in [-0.1, -0.05) is 30.3 Å². The van der Waals surface area contributed by atoms with E-state index in [9.17, 15) is 4.79 Å². The summed E-state index contributed by atoms with van der Waals surface area (Å²) in [7, 11) is 0. The first kappa shape index (κ1) is 12.2. The van der Waals surface area contributed by atoms with Crippen LogP contribution in [0.2, 0.25) is 0 Å². The highest BCUT2D eigenvalue weighted by atomic mass is 16.1. The molecule has 0 aliphatic heterocycles. The highest BCUT2D eigenvalue weighted by molar-refractivity contribution is 5.77. The Hall–Kier alpha value is -2.82. The van der Waals surface area contributed by atoms with Crippen LogP contribution in [0.15, 0.2) is 59.4 Å². The molecule has 0 atom stereocenters. The highest BCUT2D eigenvalue weighted by Gasteiger charge is 2.07. The van der Waals surface area contributed by atoms with E-state index < -0.39 is 0 Å². The Bertz CT molecular complexity index is 796. The molecule has 0 radical (unpaired) electrons. The molecule has 0 aliphatic rings. The summed E-state index contributed by atoms with van der Waals surface area (Å²) in [6.07, 6.45) is 0. The Balaban J connectivity index is 1.96. The molecule has 20 heavy (non-hydrogen) atoms. The number of nitrogen functional groups attached to an aromatic ring is 1. The van der Waals surface area contributed by atoms with E-state index in [1.165, 1.54) is 0 Å². The van der Waals surface area contributed by atoms with Gasteiger partial charge in [-0.2, -0.15) is 0 Å². The highest BCUT2D eigenvalue weighted by Crippen LogP contribution is 2.09. The van der Waals surface area contributed by atoms with Gasteiger partial charge in [-0.15, -0.1) is 0 Å². The smallest absolute Gasteiger partial charge is 0.279 e. The summed E-state index contributed by atoms with van der Waals surface area (Å²) in [5.41, 5.74) is 1.37. The molecule has 5 nitrogen and oxygen atoms in total. The Morgan fingerprint density at radius 2 is 1.75 bits per heavy atom. The van der Waals surface area contributed by atoms with Gasteiger partial charge < -0.3 is 11.2 Å². The minimum Gasteiger partial charge on any atom is -0.378 e. The molecule has 3 N–H and O–H groups in total. The maximum atomic E-state index is 12.1. The van der Waals surface area contributed by atoms with Gasteiger partial charge in [0.05, 0.1) is 17.4 Å². The van der Waals surface area contributed by atoms with Gasteiger partial charge in [0.2, 0.25) is 0 Å². The number of anilines is 1. The first-order chi connectivity index (χ1) is 9.75. The van der Waals surface area contributed by atoms with Crippen molar-refractivity contribution in [3.05, 3.63) is 70.8 Å². The number of aromatic nitrogens is 2. The van der Waals surface area contributed by atoms with E-state index in [-0.39, 0.29) is 5.56 Å². The number of para-hydroxylation sites is 2. The molecule has 0 bridgehead atoms. The third-order valence-electron chi connectivity index (χ3n) is 3.11. The number of fused-ring (bicyclic) bond motifs is 1. The number of benzene rings is 2. The molecule has 0 aliphatic carbocycles. The Morgan fingerprint density at radius 1 is 1.05 bits per heavy atom. The number of nitrogens with zero attached hydrogens (tertiary/aromatic N) is 2. The van der Waals surface area contributed by atoms with Gasteiger partial charge in [0.1, 0.15) is 0 Å². The number of rotatable bonds is 3. The largest absolute Gasteiger partial charge is 0.378 e. The molecule has 5 heteroatoms. The summed E-state index contributed by atoms with van der Waals surface area (Å²) in [5, 5.41) is 3.72. The van der Waals surface area contributed by atoms with Gasteiger partial charge in [-0.3, -0.25) is 4.79 Å². The quantitative estimate of drug-likeness (QED) is 0.708. The van der Waals surface area contributed by atoms with Crippen molar-refractivity contribution >= 4 is 16.6 Å². The van der Waals surface area contributed by atoms with Gasteiger partial charge in [0, 0.05) is 5.69 Å². The lowest BCUT2D eigenvalue weighted by Crippen LogP contribution is -2.32. The van der Waals surface area contributed by atoms with Crippen molar-refractivity contribution < 1.29 is 0 Å². The lowest BCUT2D eigenvalue weighted by molar-refractivity contribution is 0.805. The monoisotopic (exact) mass is 266 g/mol. The molecular formula is C15H14N4O. The molecule has 3 rings (SSSR count). The molecule has 0 spiro atoms. The van der Waals surface area contributed by atoms with E-state index in [4.69, 9.17) is 5.84 Å². The SMILES string of the molecule is Nn1c(CNc2ccccc2)nc2ccccc2c1=O. The van der Waals surface area contributed by atoms with Crippen LogP contribution in [0.25, 0.3) is 10.9 Å². The van der Waals surface area contributed by atoms with Crippen molar-refractivity contribution in [2.45, 2.75) is 6.54 Å². The second-order valence-electron chi connectivity index (χ2n) is 4.44. The topological polar surface area (TPSA) is 72.9 Å². The van der Waals surface area contributed by atoms with Gasteiger partial charge in [0.25, 0.3) is 5.56 Å².